The Balaban J connectivity index is 1.89. The third kappa shape index (κ3) is 3.89. The van der Waals surface area contributed by atoms with Crippen molar-refractivity contribution in [2.45, 2.75) is 25.7 Å². The van der Waals surface area contributed by atoms with Crippen LogP contribution in [-0.2, 0) is 0 Å². The van der Waals surface area contributed by atoms with Gasteiger partial charge < -0.3 is 5.32 Å². The van der Waals surface area contributed by atoms with Gasteiger partial charge in [0.15, 0.2) is 0 Å². The lowest BCUT2D eigenvalue weighted by atomic mass is 9.80. The van der Waals surface area contributed by atoms with Gasteiger partial charge in [-0.25, -0.2) is 5.10 Å². The molecule has 1 aromatic heterocycles. The normalized spacial score (nSPS) is 23.0. The van der Waals surface area contributed by atoms with Crippen molar-refractivity contribution in [3.8, 4) is 0 Å². The number of carbonyl (C=O) groups is 1. The van der Waals surface area contributed by atoms with E-state index in [-0.39, 0.29) is 17.2 Å². The highest BCUT2D eigenvalue weighted by Gasteiger charge is 2.24. The Morgan fingerprint density at radius 1 is 1.37 bits per heavy atom. The molecule has 1 aliphatic rings. The third-order valence-electron chi connectivity index (χ3n) is 3.70. The molecular weight excluding hydrogens is 310 g/mol. The molecular formula is C13H18BrN3O2. The van der Waals surface area contributed by atoms with Gasteiger partial charge in [0.2, 0.25) is 0 Å². The van der Waals surface area contributed by atoms with Gasteiger partial charge in [-0.05, 0) is 30.7 Å². The van der Waals surface area contributed by atoms with Crippen LogP contribution in [0.5, 0.6) is 0 Å². The first-order chi connectivity index (χ1) is 9.20. The monoisotopic (exact) mass is 327 g/mol. The number of nitrogens with one attached hydrogen (secondary N) is 2. The summed E-state index contributed by atoms with van der Waals surface area (Å²) in [4.78, 5) is 22.8. The lowest BCUT2D eigenvalue weighted by Crippen LogP contribution is -2.35. The number of nitrogens with zero attached hydrogens (tertiary/aromatic N) is 1. The summed E-state index contributed by atoms with van der Waals surface area (Å²) < 4.78 is 0. The first kappa shape index (κ1) is 14.2. The van der Waals surface area contributed by atoms with Crippen LogP contribution in [0.15, 0.2) is 16.9 Å². The number of rotatable bonds is 4. The van der Waals surface area contributed by atoms with E-state index in [2.05, 4.69) is 31.4 Å². The highest BCUT2D eigenvalue weighted by Crippen LogP contribution is 2.30. The Morgan fingerprint density at radius 2 is 2.11 bits per heavy atom. The van der Waals surface area contributed by atoms with Crippen LogP contribution >= 0.6 is 15.9 Å². The number of carbonyl (C=O) groups excluding carboxylic acids is 1. The van der Waals surface area contributed by atoms with Crippen LogP contribution in [-0.4, -0.2) is 28.0 Å². The first-order valence-corrected chi connectivity index (χ1v) is 7.72. The molecule has 0 saturated heterocycles. The van der Waals surface area contributed by atoms with Gasteiger partial charge in [0, 0.05) is 17.9 Å². The number of amides is 1. The zero-order valence-corrected chi connectivity index (χ0v) is 12.3. The molecule has 1 aromatic rings. The fourth-order valence-electron chi connectivity index (χ4n) is 2.54. The molecule has 1 saturated carbocycles. The number of hydrogen-bond donors (Lipinski definition) is 2. The molecule has 0 spiro atoms. The second-order valence-corrected chi connectivity index (χ2v) is 5.62. The van der Waals surface area contributed by atoms with Gasteiger partial charge in [-0.15, -0.1) is 0 Å². The van der Waals surface area contributed by atoms with E-state index in [0.717, 1.165) is 11.8 Å². The van der Waals surface area contributed by atoms with Crippen molar-refractivity contribution < 1.29 is 4.79 Å². The summed E-state index contributed by atoms with van der Waals surface area (Å²) in [7, 11) is 0. The predicted molar refractivity (Wildman–Crippen MR) is 76.4 cm³/mol. The van der Waals surface area contributed by atoms with Crippen LogP contribution in [0, 0.1) is 11.8 Å². The average molecular weight is 328 g/mol. The number of hydrogen-bond acceptors (Lipinski definition) is 3. The predicted octanol–water partition coefficient (Wildman–Crippen LogP) is 1.70. The Hall–Kier alpha value is -1.17. The molecule has 2 unspecified atom stereocenters. The molecule has 104 valence electrons. The summed E-state index contributed by atoms with van der Waals surface area (Å²) in [6.07, 6.45) is 4.90. The van der Waals surface area contributed by atoms with E-state index < -0.39 is 0 Å². The summed E-state index contributed by atoms with van der Waals surface area (Å²) in [5.74, 6) is 0.938. The highest BCUT2D eigenvalue weighted by atomic mass is 79.9. The summed E-state index contributed by atoms with van der Waals surface area (Å²) in [6, 6.07) is 2.75. The van der Waals surface area contributed by atoms with Crippen LogP contribution in [0.25, 0.3) is 0 Å². The summed E-state index contributed by atoms with van der Waals surface area (Å²) in [5.41, 5.74) is -0.0472. The van der Waals surface area contributed by atoms with E-state index in [1.165, 1.54) is 31.4 Å². The van der Waals surface area contributed by atoms with Gasteiger partial charge in [0.05, 0.1) is 0 Å². The molecule has 0 bridgehead atoms. The maximum atomic E-state index is 11.9. The average Bonchev–Trinajstić information content (AvgIpc) is 2.45. The molecule has 2 rings (SSSR count). The molecule has 0 aromatic carbocycles. The van der Waals surface area contributed by atoms with E-state index in [9.17, 15) is 9.59 Å². The second-order valence-electron chi connectivity index (χ2n) is 4.98. The Labute approximate surface area is 120 Å². The van der Waals surface area contributed by atoms with Crippen LogP contribution in [0.1, 0.15) is 36.2 Å². The zero-order valence-electron chi connectivity index (χ0n) is 10.7. The second kappa shape index (κ2) is 6.84. The SMILES string of the molecule is O=C(NCC1CCCCC1CBr)c1ccc(=O)[nH]n1. The van der Waals surface area contributed by atoms with E-state index in [0.29, 0.717) is 18.4 Å². The van der Waals surface area contributed by atoms with Crippen molar-refractivity contribution in [1.82, 2.24) is 15.5 Å². The van der Waals surface area contributed by atoms with Crippen LogP contribution in [0.4, 0.5) is 0 Å². The minimum absolute atomic E-state index is 0.227. The molecule has 1 aliphatic carbocycles. The lowest BCUT2D eigenvalue weighted by molar-refractivity contribution is 0.0931. The molecule has 5 nitrogen and oxygen atoms in total. The van der Waals surface area contributed by atoms with Gasteiger partial charge >= 0.3 is 0 Å². The molecule has 1 fully saturated rings. The van der Waals surface area contributed by atoms with E-state index in [4.69, 9.17) is 0 Å². The van der Waals surface area contributed by atoms with Gasteiger partial charge in [-0.3, -0.25) is 9.59 Å². The molecule has 0 radical (unpaired) electrons. The molecule has 1 amide bonds. The van der Waals surface area contributed by atoms with Gasteiger partial charge in [-0.2, -0.15) is 5.10 Å². The lowest BCUT2D eigenvalue weighted by Gasteiger charge is -2.30. The molecule has 19 heavy (non-hydrogen) atoms. The molecule has 1 heterocycles. The zero-order chi connectivity index (χ0) is 13.7. The number of aromatic nitrogens is 2. The third-order valence-corrected chi connectivity index (χ3v) is 4.53. The van der Waals surface area contributed by atoms with Crippen molar-refractivity contribution in [2.75, 3.05) is 11.9 Å². The van der Waals surface area contributed by atoms with E-state index in [1.54, 1.807) is 0 Å². The van der Waals surface area contributed by atoms with Gasteiger partial charge in [0.1, 0.15) is 5.69 Å². The van der Waals surface area contributed by atoms with E-state index in [1.807, 2.05) is 0 Å². The van der Waals surface area contributed by atoms with Crippen LogP contribution in [0.2, 0.25) is 0 Å². The number of halogens is 1. The highest BCUT2D eigenvalue weighted by molar-refractivity contribution is 9.09. The summed E-state index contributed by atoms with van der Waals surface area (Å²) in [5, 5.41) is 9.89. The maximum absolute atomic E-state index is 11.9. The quantitative estimate of drug-likeness (QED) is 0.826. The summed E-state index contributed by atoms with van der Waals surface area (Å²) in [6.45, 7) is 0.676. The topological polar surface area (TPSA) is 74.8 Å². The van der Waals surface area contributed by atoms with Crippen LogP contribution in [0.3, 0.4) is 0 Å². The number of H-pyrrole nitrogens is 1. The Bertz CT molecular complexity index is 469. The van der Waals surface area contributed by atoms with Crippen molar-refractivity contribution in [3.63, 3.8) is 0 Å². The Kier molecular flexibility index (Phi) is 5.13. The molecule has 2 N–H and O–H groups in total. The van der Waals surface area contributed by atoms with Crippen molar-refractivity contribution >= 4 is 21.8 Å². The van der Waals surface area contributed by atoms with Gasteiger partial charge in [0.25, 0.3) is 11.5 Å². The minimum Gasteiger partial charge on any atom is -0.350 e. The van der Waals surface area contributed by atoms with Gasteiger partial charge in [-0.1, -0.05) is 28.8 Å². The minimum atomic E-state index is -0.303. The molecule has 2 atom stereocenters. The van der Waals surface area contributed by atoms with Crippen LogP contribution < -0.4 is 10.9 Å². The van der Waals surface area contributed by atoms with Crippen molar-refractivity contribution in [3.05, 3.63) is 28.2 Å². The first-order valence-electron chi connectivity index (χ1n) is 6.60. The standard InChI is InChI=1S/C13H18BrN3O2/c14-7-9-3-1-2-4-10(9)8-15-13(19)11-5-6-12(18)17-16-11/h5-6,9-10H,1-4,7-8H2,(H,15,19)(H,17,18). The van der Waals surface area contributed by atoms with E-state index >= 15 is 0 Å². The summed E-state index contributed by atoms with van der Waals surface area (Å²) >= 11 is 3.55. The largest absolute Gasteiger partial charge is 0.350 e. The smallest absolute Gasteiger partial charge is 0.271 e. The van der Waals surface area contributed by atoms with Crippen molar-refractivity contribution in [2.24, 2.45) is 11.8 Å². The fraction of sp³-hybridized carbons (Fsp3) is 0.615. The molecule has 6 heteroatoms. The fourth-order valence-corrected chi connectivity index (χ4v) is 3.39. The Morgan fingerprint density at radius 3 is 2.74 bits per heavy atom. The maximum Gasteiger partial charge on any atom is 0.271 e. The number of alkyl halides is 1. The van der Waals surface area contributed by atoms with Crippen molar-refractivity contribution in [1.29, 1.82) is 0 Å². The number of aromatic amines is 1. The molecule has 0 aliphatic heterocycles.